The smallest absolute Gasteiger partial charge is 0.191 e. The fourth-order valence-electron chi connectivity index (χ4n) is 0.482. The van der Waals surface area contributed by atoms with Gasteiger partial charge in [0.1, 0.15) is 0 Å². The third-order valence-corrected chi connectivity index (χ3v) is 3.70. The molecular weight excluding hydrogens is 360 g/mol. The van der Waals surface area contributed by atoms with Crippen molar-refractivity contribution in [1.82, 2.24) is 0 Å². The highest BCUT2D eigenvalue weighted by Gasteiger charge is 2.80. The third kappa shape index (κ3) is 2.15. The number of halogens is 10. The molecule has 0 rings (SSSR count). The van der Waals surface area contributed by atoms with E-state index in [4.69, 9.17) is 0 Å². The number of hydrogen-bond acceptors (Lipinski definition) is 0. The van der Waals surface area contributed by atoms with E-state index >= 15 is 0 Å². The van der Waals surface area contributed by atoms with Crippen LogP contribution in [0.2, 0.25) is 0 Å². The quantitative estimate of drug-likeness (QED) is 0.485. The van der Waals surface area contributed by atoms with Crippen LogP contribution in [-0.4, -0.2) is 21.5 Å². The molecule has 0 aliphatic rings. The second-order valence-electron chi connectivity index (χ2n) is 2.15. The van der Waals surface area contributed by atoms with Gasteiger partial charge in [0.15, 0.2) is 0 Å². The van der Waals surface area contributed by atoms with Gasteiger partial charge in [-0.15, -0.1) is 0 Å². The molecule has 0 aromatic heterocycles. The number of alkyl halides is 10. The molecule has 0 amide bonds. The van der Waals surface area contributed by atoms with E-state index in [1.54, 1.807) is 0 Å². The average molecular weight is 360 g/mol. The summed E-state index contributed by atoms with van der Waals surface area (Å²) in [6.45, 7) is 0. The van der Waals surface area contributed by atoms with Crippen LogP contribution in [0.25, 0.3) is 0 Å². The lowest BCUT2D eigenvalue weighted by atomic mass is 10.1. The van der Waals surface area contributed by atoms with Gasteiger partial charge in [0.2, 0.25) is 0 Å². The topological polar surface area (TPSA) is 0 Å². The first-order valence-electron chi connectivity index (χ1n) is 2.64. The first kappa shape index (κ1) is 14.4. The van der Waals surface area contributed by atoms with Gasteiger partial charge < -0.3 is 0 Å². The minimum absolute atomic E-state index is 1.00. The maximum absolute atomic E-state index is 12.2. The summed E-state index contributed by atoms with van der Waals surface area (Å²) in [6, 6.07) is 0. The maximum atomic E-state index is 12.2. The van der Waals surface area contributed by atoms with Gasteiger partial charge >= 0.3 is 17.2 Å². The SMILES string of the molecule is FC(F)(F)C(Br)(C(F)(F)F)C(F)(F)Br. The highest BCUT2D eigenvalue weighted by molar-refractivity contribution is 9.12. The average Bonchev–Trinajstić information content (AvgIpc) is 1.77. The lowest BCUT2D eigenvalue weighted by Crippen LogP contribution is -2.60. The van der Waals surface area contributed by atoms with Crippen LogP contribution in [0.1, 0.15) is 0 Å². The molecule has 0 saturated carbocycles. The second kappa shape index (κ2) is 3.46. The summed E-state index contributed by atoms with van der Waals surface area (Å²) in [7, 11) is 0. The third-order valence-electron chi connectivity index (χ3n) is 1.17. The monoisotopic (exact) mass is 358 g/mol. The Balaban J connectivity index is 5.54. The van der Waals surface area contributed by atoms with Crippen molar-refractivity contribution in [3.63, 3.8) is 0 Å². The normalized spacial score (nSPS) is 15.9. The molecule has 0 fully saturated rings. The molecule has 10 heteroatoms. The molecule has 0 aromatic carbocycles. The first-order chi connectivity index (χ1) is 5.75. The van der Waals surface area contributed by atoms with Gasteiger partial charge in [0.05, 0.1) is 0 Å². The largest absolute Gasteiger partial charge is 0.419 e. The van der Waals surface area contributed by atoms with Gasteiger partial charge in [0.25, 0.3) is 4.32 Å². The van der Waals surface area contributed by atoms with Gasteiger partial charge in [-0.2, -0.15) is 35.1 Å². The van der Waals surface area contributed by atoms with Gasteiger partial charge in [-0.1, -0.05) is 15.9 Å². The maximum Gasteiger partial charge on any atom is 0.419 e. The van der Waals surface area contributed by atoms with Crippen LogP contribution in [0.3, 0.4) is 0 Å². The predicted octanol–water partition coefficient (Wildman–Crippen LogP) is 4.23. The van der Waals surface area contributed by atoms with Crippen LogP contribution in [-0.2, 0) is 0 Å². The standard InChI is InChI=1S/C4Br2F8/c5-1(2(6,7)8,3(9,10)11)4(12,13)14. The van der Waals surface area contributed by atoms with Gasteiger partial charge in [0, 0.05) is 0 Å². The summed E-state index contributed by atoms with van der Waals surface area (Å²) in [5.41, 5.74) is 0. The van der Waals surface area contributed by atoms with E-state index in [1.165, 1.54) is 0 Å². The Morgan fingerprint density at radius 2 is 0.786 bits per heavy atom. The second-order valence-corrected chi connectivity index (χ2v) is 4.34. The fraction of sp³-hybridized carbons (Fsp3) is 1.00. The highest BCUT2D eigenvalue weighted by Crippen LogP contribution is 2.59. The lowest BCUT2D eigenvalue weighted by Gasteiger charge is -2.34. The van der Waals surface area contributed by atoms with Crippen LogP contribution in [0.5, 0.6) is 0 Å². The Morgan fingerprint density at radius 1 is 0.571 bits per heavy atom. The number of hydrogen-bond donors (Lipinski definition) is 0. The summed E-state index contributed by atoms with van der Waals surface area (Å²) >= 11 is 2.05. The van der Waals surface area contributed by atoms with Crippen LogP contribution >= 0.6 is 31.9 Å². The molecule has 0 heterocycles. The van der Waals surface area contributed by atoms with Crippen molar-refractivity contribution in [2.75, 3.05) is 0 Å². The summed E-state index contributed by atoms with van der Waals surface area (Å²) in [4.78, 5) is -5.20. The first-order valence-corrected chi connectivity index (χ1v) is 4.23. The van der Waals surface area contributed by atoms with Crippen molar-refractivity contribution in [2.45, 2.75) is 21.5 Å². The summed E-state index contributed by atoms with van der Waals surface area (Å²) in [5.74, 6) is 0. The molecule has 0 aliphatic carbocycles. The molecule has 0 spiro atoms. The minimum atomic E-state index is -6.18. The Hall–Kier alpha value is 0.400. The summed E-state index contributed by atoms with van der Waals surface area (Å²) < 4.78 is 90.0. The molecular formula is C4Br2F8. The summed E-state index contributed by atoms with van der Waals surface area (Å²) in [6.07, 6.45) is -12.4. The van der Waals surface area contributed by atoms with E-state index in [2.05, 4.69) is 0 Å². The van der Waals surface area contributed by atoms with Crippen LogP contribution in [0.15, 0.2) is 0 Å². The Kier molecular flexibility index (Phi) is 3.56. The Morgan fingerprint density at radius 3 is 0.786 bits per heavy atom. The van der Waals surface area contributed by atoms with E-state index in [1.807, 2.05) is 0 Å². The zero-order chi connectivity index (χ0) is 12.0. The molecule has 0 aromatic rings. The molecule has 0 aliphatic heterocycles. The fourth-order valence-corrected chi connectivity index (χ4v) is 0.932. The molecule has 0 bridgehead atoms. The van der Waals surface area contributed by atoms with E-state index < -0.39 is 21.5 Å². The predicted molar refractivity (Wildman–Crippen MR) is 37.6 cm³/mol. The van der Waals surface area contributed by atoms with E-state index in [0.29, 0.717) is 0 Å². The van der Waals surface area contributed by atoms with Crippen molar-refractivity contribution in [3.05, 3.63) is 0 Å². The van der Waals surface area contributed by atoms with E-state index in [9.17, 15) is 35.1 Å². The van der Waals surface area contributed by atoms with Crippen molar-refractivity contribution < 1.29 is 35.1 Å². The zero-order valence-corrected chi connectivity index (χ0v) is 8.95. The Labute approximate surface area is 88.9 Å². The minimum Gasteiger partial charge on any atom is -0.191 e. The van der Waals surface area contributed by atoms with Crippen molar-refractivity contribution in [1.29, 1.82) is 0 Å². The number of rotatable bonds is 1. The van der Waals surface area contributed by atoms with Crippen molar-refractivity contribution >= 4 is 31.9 Å². The highest BCUT2D eigenvalue weighted by atomic mass is 79.9. The molecule has 0 radical (unpaired) electrons. The van der Waals surface area contributed by atoms with Crippen LogP contribution < -0.4 is 0 Å². The molecule has 0 saturated heterocycles. The molecule has 0 nitrogen and oxygen atoms in total. The van der Waals surface area contributed by atoms with Gasteiger partial charge in [-0.25, -0.2) is 0 Å². The van der Waals surface area contributed by atoms with Gasteiger partial charge in [-0.05, 0) is 15.9 Å². The molecule has 0 N–H and O–H groups in total. The van der Waals surface area contributed by atoms with Crippen LogP contribution in [0.4, 0.5) is 35.1 Å². The molecule has 86 valence electrons. The van der Waals surface area contributed by atoms with Crippen molar-refractivity contribution in [3.8, 4) is 0 Å². The molecule has 0 atom stereocenters. The molecule has 0 unspecified atom stereocenters. The van der Waals surface area contributed by atoms with E-state index in [-0.39, 0.29) is 0 Å². The van der Waals surface area contributed by atoms with E-state index in [0.717, 1.165) is 31.9 Å². The lowest BCUT2D eigenvalue weighted by molar-refractivity contribution is -0.293. The zero-order valence-electron chi connectivity index (χ0n) is 5.78. The van der Waals surface area contributed by atoms with Crippen LogP contribution in [0, 0.1) is 0 Å². The summed E-state index contributed by atoms with van der Waals surface area (Å²) in [5, 5.41) is 0. The van der Waals surface area contributed by atoms with Gasteiger partial charge in [-0.3, -0.25) is 0 Å². The Bertz CT molecular complexity index is 173. The van der Waals surface area contributed by atoms with Crippen molar-refractivity contribution in [2.24, 2.45) is 0 Å². The molecule has 14 heavy (non-hydrogen) atoms.